The second-order valence-electron chi connectivity index (χ2n) is 12.2. The SMILES string of the molecule is Clc1cnnc(Cl)c1Nc1ccc(NCCc2c[nH]c3ccccc23)cc1.Clc1nncc(Nc2ccc(NCCc3c[nH]c4ccccc34)cc2)c1Cl. The van der Waals surface area contributed by atoms with Crippen LogP contribution >= 0.6 is 46.4 Å². The number of benzene rings is 4. The number of rotatable bonds is 12. The van der Waals surface area contributed by atoms with Crippen molar-refractivity contribution in [3.63, 3.8) is 0 Å². The Balaban J connectivity index is 0.000000167. The van der Waals surface area contributed by atoms with Crippen LogP contribution < -0.4 is 21.3 Å². The molecule has 0 saturated heterocycles. The summed E-state index contributed by atoms with van der Waals surface area (Å²) in [4.78, 5) is 6.62. The molecular weight excluding hydrogens is 762 g/mol. The van der Waals surface area contributed by atoms with Gasteiger partial charge < -0.3 is 31.2 Å². The van der Waals surface area contributed by atoms with Crippen LogP contribution in [0.1, 0.15) is 11.1 Å². The molecule has 4 heterocycles. The first-order chi connectivity index (χ1) is 26.4. The van der Waals surface area contributed by atoms with Gasteiger partial charge in [-0.3, -0.25) is 0 Å². The van der Waals surface area contributed by atoms with Gasteiger partial charge in [0.2, 0.25) is 0 Å². The predicted octanol–water partition coefficient (Wildman–Crippen LogP) is 11.3. The third kappa shape index (κ3) is 9.15. The summed E-state index contributed by atoms with van der Waals surface area (Å²) in [5.41, 5.74) is 10.0. The molecule has 0 bridgehead atoms. The molecule has 0 radical (unpaired) electrons. The summed E-state index contributed by atoms with van der Waals surface area (Å²) in [5.74, 6) is 0. The molecule has 8 aromatic rings. The van der Waals surface area contributed by atoms with Crippen molar-refractivity contribution >= 4 is 102 Å². The minimum Gasteiger partial charge on any atom is -0.385 e. The van der Waals surface area contributed by atoms with E-state index in [-0.39, 0.29) is 10.3 Å². The summed E-state index contributed by atoms with van der Waals surface area (Å²) >= 11 is 24.1. The molecule has 4 aromatic heterocycles. The lowest BCUT2D eigenvalue weighted by atomic mass is 10.1. The average molecular weight is 797 g/mol. The van der Waals surface area contributed by atoms with Gasteiger partial charge in [0.25, 0.3) is 0 Å². The fourth-order valence-electron chi connectivity index (χ4n) is 5.89. The molecule has 6 N–H and O–H groups in total. The van der Waals surface area contributed by atoms with Crippen LogP contribution in [0.3, 0.4) is 0 Å². The Morgan fingerprint density at radius 3 is 1.56 bits per heavy atom. The fourth-order valence-corrected chi connectivity index (χ4v) is 6.59. The zero-order valence-electron chi connectivity index (χ0n) is 28.7. The van der Waals surface area contributed by atoms with E-state index in [2.05, 4.69) is 100 Å². The van der Waals surface area contributed by atoms with Crippen molar-refractivity contribution in [1.29, 1.82) is 0 Å². The Hall–Kier alpha value is -5.52. The monoisotopic (exact) mass is 794 g/mol. The number of halogens is 4. The minimum absolute atomic E-state index is 0.178. The average Bonchev–Trinajstić information content (AvgIpc) is 3.81. The van der Waals surface area contributed by atoms with Crippen LogP contribution in [0, 0.1) is 0 Å². The van der Waals surface area contributed by atoms with Gasteiger partial charge in [0.1, 0.15) is 5.02 Å². The smallest absolute Gasteiger partial charge is 0.176 e. The quantitative estimate of drug-likeness (QED) is 0.0720. The third-order valence-corrected chi connectivity index (χ3v) is 9.92. The lowest BCUT2D eigenvalue weighted by Crippen LogP contribution is -2.04. The zero-order valence-corrected chi connectivity index (χ0v) is 31.7. The third-order valence-electron chi connectivity index (χ3n) is 8.63. The molecule has 8 rings (SSSR count). The molecule has 0 aliphatic heterocycles. The van der Waals surface area contributed by atoms with E-state index < -0.39 is 0 Å². The summed E-state index contributed by atoms with van der Waals surface area (Å²) in [6, 6.07) is 32.6. The van der Waals surface area contributed by atoms with E-state index in [0.717, 1.165) is 48.7 Å². The minimum atomic E-state index is 0.178. The number of fused-ring (bicyclic) bond motifs is 2. The van der Waals surface area contributed by atoms with Crippen molar-refractivity contribution in [3.05, 3.63) is 153 Å². The molecule has 0 unspecified atom stereocenters. The Morgan fingerprint density at radius 1 is 0.519 bits per heavy atom. The molecule has 4 aromatic carbocycles. The van der Waals surface area contributed by atoms with Gasteiger partial charge >= 0.3 is 0 Å². The van der Waals surface area contributed by atoms with Gasteiger partial charge in [0.05, 0.1) is 28.8 Å². The summed E-state index contributed by atoms with van der Waals surface area (Å²) in [7, 11) is 0. The molecule has 14 heteroatoms. The Kier molecular flexibility index (Phi) is 12.0. The van der Waals surface area contributed by atoms with E-state index in [1.807, 2.05) is 60.7 Å². The van der Waals surface area contributed by atoms with Crippen LogP contribution in [0.5, 0.6) is 0 Å². The van der Waals surface area contributed by atoms with Crippen molar-refractivity contribution in [3.8, 4) is 0 Å². The maximum absolute atomic E-state index is 6.12. The highest BCUT2D eigenvalue weighted by Crippen LogP contribution is 2.31. The van der Waals surface area contributed by atoms with Gasteiger partial charge in [-0.1, -0.05) is 82.8 Å². The maximum Gasteiger partial charge on any atom is 0.176 e. The van der Waals surface area contributed by atoms with Crippen molar-refractivity contribution < 1.29 is 0 Å². The van der Waals surface area contributed by atoms with E-state index in [0.29, 0.717) is 21.4 Å². The molecule has 0 fully saturated rings. The van der Waals surface area contributed by atoms with Gasteiger partial charge in [-0.05, 0) is 84.6 Å². The molecule has 272 valence electrons. The summed E-state index contributed by atoms with van der Waals surface area (Å²) < 4.78 is 0. The zero-order chi connectivity index (χ0) is 37.3. The van der Waals surface area contributed by atoms with E-state index in [4.69, 9.17) is 46.4 Å². The fraction of sp³-hybridized carbons (Fsp3) is 0.100. The number of para-hydroxylation sites is 2. The number of hydrogen-bond donors (Lipinski definition) is 6. The predicted molar refractivity (Wildman–Crippen MR) is 225 cm³/mol. The van der Waals surface area contributed by atoms with Crippen LogP contribution in [0.15, 0.2) is 122 Å². The van der Waals surface area contributed by atoms with Gasteiger partial charge in [0, 0.05) is 70.0 Å². The standard InChI is InChI=1S/2C20H17Cl2N5/c21-17-12-25-27-20(22)19(17)26-15-7-5-14(6-8-15)23-10-9-13-11-24-18-4-2-1-3-16(13)18;21-19-18(12-25-27-20(19)22)26-15-7-5-14(6-8-15)23-10-9-13-11-24-17-4-2-1-3-16(13)17/h1-8,11-12,23-24H,9-10H2,(H,25,26);1-8,11-12,23-24H,9-10H2,(H,26,27). The topological polar surface area (TPSA) is 131 Å². The number of H-pyrrole nitrogens is 2. The van der Waals surface area contributed by atoms with Crippen LogP contribution in [0.4, 0.5) is 34.1 Å². The highest BCUT2D eigenvalue weighted by molar-refractivity contribution is 6.43. The molecule has 0 aliphatic rings. The van der Waals surface area contributed by atoms with E-state index in [1.54, 1.807) is 6.20 Å². The summed E-state index contributed by atoms with van der Waals surface area (Å²) in [5, 5.41) is 32.0. The normalized spacial score (nSPS) is 10.9. The molecule has 0 saturated carbocycles. The molecule has 54 heavy (non-hydrogen) atoms. The number of nitrogens with one attached hydrogen (secondary N) is 6. The highest BCUT2D eigenvalue weighted by atomic mass is 35.5. The second kappa shape index (κ2) is 17.5. The van der Waals surface area contributed by atoms with Gasteiger partial charge in [-0.15, -0.1) is 10.2 Å². The highest BCUT2D eigenvalue weighted by Gasteiger charge is 2.09. The number of aromatic amines is 2. The summed E-state index contributed by atoms with van der Waals surface area (Å²) in [6.07, 6.45) is 9.04. The molecule has 0 amide bonds. The number of aromatic nitrogens is 6. The van der Waals surface area contributed by atoms with Crippen LogP contribution in [0.25, 0.3) is 21.8 Å². The lowest BCUT2D eigenvalue weighted by Gasteiger charge is -2.10. The van der Waals surface area contributed by atoms with Crippen molar-refractivity contribution in [1.82, 2.24) is 30.4 Å². The van der Waals surface area contributed by atoms with Crippen molar-refractivity contribution in [2.45, 2.75) is 12.8 Å². The lowest BCUT2D eigenvalue weighted by molar-refractivity contribution is 1.03. The Morgan fingerprint density at radius 2 is 1.00 bits per heavy atom. The molecular formula is C40H34Cl4N10. The maximum atomic E-state index is 6.12. The summed E-state index contributed by atoms with van der Waals surface area (Å²) in [6.45, 7) is 1.70. The molecule has 0 aliphatic carbocycles. The van der Waals surface area contributed by atoms with Gasteiger partial charge in [-0.25, -0.2) is 0 Å². The van der Waals surface area contributed by atoms with E-state index in [9.17, 15) is 0 Å². The van der Waals surface area contributed by atoms with Crippen molar-refractivity contribution in [2.75, 3.05) is 34.4 Å². The number of hydrogen-bond acceptors (Lipinski definition) is 8. The number of anilines is 6. The first-order valence-electron chi connectivity index (χ1n) is 17.1. The van der Waals surface area contributed by atoms with Gasteiger partial charge in [-0.2, -0.15) is 10.2 Å². The van der Waals surface area contributed by atoms with Crippen LogP contribution in [-0.2, 0) is 12.8 Å². The second-order valence-corrected chi connectivity index (χ2v) is 13.7. The molecule has 0 spiro atoms. The number of nitrogens with zero attached hydrogens (tertiary/aromatic N) is 4. The van der Waals surface area contributed by atoms with E-state index >= 15 is 0 Å². The van der Waals surface area contributed by atoms with Gasteiger partial charge in [0.15, 0.2) is 10.3 Å². The van der Waals surface area contributed by atoms with Crippen LogP contribution in [-0.4, -0.2) is 43.5 Å². The molecule has 10 nitrogen and oxygen atoms in total. The van der Waals surface area contributed by atoms with Crippen molar-refractivity contribution in [2.24, 2.45) is 0 Å². The largest absolute Gasteiger partial charge is 0.385 e. The Labute approximate surface area is 331 Å². The van der Waals surface area contributed by atoms with E-state index in [1.165, 1.54) is 39.1 Å². The first-order valence-corrected chi connectivity index (χ1v) is 18.6. The molecule has 0 atom stereocenters. The Bertz CT molecular complexity index is 2440. The first kappa shape index (κ1) is 36.8. The van der Waals surface area contributed by atoms with Crippen LogP contribution in [0.2, 0.25) is 20.4 Å².